The number of ether oxygens (including phenoxy) is 1. The van der Waals surface area contributed by atoms with Gasteiger partial charge in [0.1, 0.15) is 5.82 Å². The zero-order valence-electron chi connectivity index (χ0n) is 8.67. The minimum atomic E-state index is -0.226. The summed E-state index contributed by atoms with van der Waals surface area (Å²) in [7, 11) is 0. The zero-order chi connectivity index (χ0) is 11.1. The molecular formula is C12H14BrFO. The molecule has 0 spiro atoms. The van der Waals surface area contributed by atoms with E-state index in [4.69, 9.17) is 4.74 Å². The maximum atomic E-state index is 13.3. The van der Waals surface area contributed by atoms with Gasteiger partial charge in [-0.05, 0) is 18.6 Å². The van der Waals surface area contributed by atoms with Crippen molar-refractivity contribution in [1.29, 1.82) is 0 Å². The number of benzene rings is 1. The summed E-state index contributed by atoms with van der Waals surface area (Å²) in [5.74, 6) is -0.226. The minimum Gasteiger partial charge on any atom is -0.377 e. The van der Waals surface area contributed by atoms with E-state index in [-0.39, 0.29) is 5.82 Å². The Bertz CT molecular complexity index is 336. The summed E-state index contributed by atoms with van der Waals surface area (Å²) in [6.45, 7) is 3.33. The molecule has 3 heteroatoms. The lowest BCUT2D eigenvalue weighted by molar-refractivity contribution is 0.163. The third-order valence-electron chi connectivity index (χ3n) is 1.82. The highest BCUT2D eigenvalue weighted by atomic mass is 79.9. The predicted molar refractivity (Wildman–Crippen MR) is 64.2 cm³/mol. The molecule has 0 amide bonds. The molecule has 1 aromatic rings. The molecule has 0 aliphatic heterocycles. The van der Waals surface area contributed by atoms with Gasteiger partial charge in [-0.2, -0.15) is 0 Å². The van der Waals surface area contributed by atoms with Gasteiger partial charge < -0.3 is 4.74 Å². The molecule has 0 aliphatic rings. The smallest absolute Gasteiger partial charge is 0.131 e. The molecule has 0 aromatic heterocycles. The number of rotatable bonds is 5. The molecule has 1 nitrogen and oxygen atoms in total. The van der Waals surface area contributed by atoms with E-state index in [0.29, 0.717) is 12.2 Å². The van der Waals surface area contributed by atoms with Crippen LogP contribution >= 0.6 is 15.9 Å². The van der Waals surface area contributed by atoms with E-state index in [1.165, 1.54) is 6.07 Å². The van der Waals surface area contributed by atoms with Crippen molar-refractivity contribution < 1.29 is 9.13 Å². The molecular weight excluding hydrogens is 259 g/mol. The van der Waals surface area contributed by atoms with Crippen LogP contribution in [-0.2, 0) is 4.74 Å². The molecule has 0 aliphatic carbocycles. The molecule has 0 N–H and O–H groups in total. The lowest BCUT2D eigenvalue weighted by atomic mass is 10.2. The van der Waals surface area contributed by atoms with Crippen LogP contribution in [0.15, 0.2) is 28.7 Å². The normalized spacial score (nSPS) is 11.1. The fraction of sp³-hybridized carbons (Fsp3) is 0.333. The first kappa shape index (κ1) is 12.4. The van der Waals surface area contributed by atoms with Gasteiger partial charge in [0.25, 0.3) is 0 Å². The number of hydrogen-bond acceptors (Lipinski definition) is 1. The van der Waals surface area contributed by atoms with E-state index >= 15 is 0 Å². The van der Waals surface area contributed by atoms with Crippen LogP contribution in [0.3, 0.4) is 0 Å². The summed E-state index contributed by atoms with van der Waals surface area (Å²) in [6, 6.07) is 5.00. The largest absolute Gasteiger partial charge is 0.377 e. The molecule has 1 rings (SSSR count). The van der Waals surface area contributed by atoms with Gasteiger partial charge in [0, 0.05) is 16.6 Å². The third-order valence-corrected chi connectivity index (χ3v) is 2.32. The first-order chi connectivity index (χ1) is 7.24. The number of hydrogen-bond donors (Lipinski definition) is 0. The molecule has 82 valence electrons. The van der Waals surface area contributed by atoms with E-state index < -0.39 is 0 Å². The highest BCUT2D eigenvalue weighted by Gasteiger charge is 1.97. The van der Waals surface area contributed by atoms with Crippen molar-refractivity contribution in [1.82, 2.24) is 0 Å². The number of halogens is 2. The standard InChI is InChI=1S/C12H14BrFO/c1-2-7-15-8-3-4-10-5-6-11(13)9-12(10)14/h3-6,9H,2,7-8H2,1H3/b4-3+. The van der Waals surface area contributed by atoms with Gasteiger partial charge in [0.15, 0.2) is 0 Å². The summed E-state index contributed by atoms with van der Waals surface area (Å²) < 4.78 is 19.3. The summed E-state index contributed by atoms with van der Waals surface area (Å²) in [4.78, 5) is 0. The molecule has 1 aromatic carbocycles. The second-order valence-electron chi connectivity index (χ2n) is 3.14. The van der Waals surface area contributed by atoms with Crippen LogP contribution in [-0.4, -0.2) is 13.2 Å². The van der Waals surface area contributed by atoms with E-state index in [0.717, 1.165) is 17.5 Å². The molecule has 0 saturated heterocycles. The Kier molecular flexibility index (Phi) is 5.58. The van der Waals surface area contributed by atoms with E-state index in [1.807, 2.05) is 12.1 Å². The van der Waals surface area contributed by atoms with Crippen molar-refractivity contribution in [2.75, 3.05) is 13.2 Å². The van der Waals surface area contributed by atoms with Crippen molar-refractivity contribution in [3.8, 4) is 0 Å². The summed E-state index contributed by atoms with van der Waals surface area (Å²) in [5, 5.41) is 0. The Morgan fingerprint density at radius 2 is 2.27 bits per heavy atom. The van der Waals surface area contributed by atoms with Crippen LogP contribution < -0.4 is 0 Å². The predicted octanol–water partition coefficient (Wildman–Crippen LogP) is 4.03. The second kappa shape index (κ2) is 6.75. The van der Waals surface area contributed by atoms with Gasteiger partial charge in [-0.3, -0.25) is 0 Å². The van der Waals surface area contributed by atoms with Gasteiger partial charge in [-0.25, -0.2) is 4.39 Å². The Morgan fingerprint density at radius 3 is 2.93 bits per heavy atom. The zero-order valence-corrected chi connectivity index (χ0v) is 10.3. The van der Waals surface area contributed by atoms with Gasteiger partial charge in [-0.1, -0.05) is 41.1 Å². The average molecular weight is 273 g/mol. The van der Waals surface area contributed by atoms with Gasteiger partial charge in [0.05, 0.1) is 6.61 Å². The van der Waals surface area contributed by atoms with E-state index in [2.05, 4.69) is 22.9 Å². The van der Waals surface area contributed by atoms with Crippen molar-refractivity contribution in [2.45, 2.75) is 13.3 Å². The molecule has 0 unspecified atom stereocenters. The maximum absolute atomic E-state index is 13.3. The lowest BCUT2D eigenvalue weighted by Gasteiger charge is -1.98. The first-order valence-electron chi connectivity index (χ1n) is 4.93. The monoisotopic (exact) mass is 272 g/mol. The van der Waals surface area contributed by atoms with Crippen LogP contribution in [0, 0.1) is 5.82 Å². The first-order valence-corrected chi connectivity index (χ1v) is 5.72. The van der Waals surface area contributed by atoms with Crippen LogP contribution in [0.25, 0.3) is 6.08 Å². The summed E-state index contributed by atoms with van der Waals surface area (Å²) >= 11 is 3.21. The molecule has 0 bridgehead atoms. The SMILES string of the molecule is CCCOC/C=C/c1ccc(Br)cc1F. The quantitative estimate of drug-likeness (QED) is 0.736. The second-order valence-corrected chi connectivity index (χ2v) is 4.06. The Labute approximate surface area is 98.1 Å². The molecule has 15 heavy (non-hydrogen) atoms. The maximum Gasteiger partial charge on any atom is 0.131 e. The van der Waals surface area contributed by atoms with Gasteiger partial charge >= 0.3 is 0 Å². The Morgan fingerprint density at radius 1 is 1.47 bits per heavy atom. The van der Waals surface area contributed by atoms with Crippen LogP contribution in [0.5, 0.6) is 0 Å². The van der Waals surface area contributed by atoms with Gasteiger partial charge in [0.2, 0.25) is 0 Å². The van der Waals surface area contributed by atoms with E-state index in [9.17, 15) is 4.39 Å². The fourth-order valence-corrected chi connectivity index (χ4v) is 1.44. The summed E-state index contributed by atoms with van der Waals surface area (Å²) in [5.41, 5.74) is 0.582. The van der Waals surface area contributed by atoms with Crippen molar-refractivity contribution in [3.63, 3.8) is 0 Å². The van der Waals surface area contributed by atoms with Crippen LogP contribution in [0.2, 0.25) is 0 Å². The third kappa shape index (κ3) is 4.58. The van der Waals surface area contributed by atoms with Crippen molar-refractivity contribution in [2.24, 2.45) is 0 Å². The Balaban J connectivity index is 2.49. The molecule has 0 heterocycles. The fourth-order valence-electron chi connectivity index (χ4n) is 1.11. The highest BCUT2D eigenvalue weighted by Crippen LogP contribution is 2.16. The Hall–Kier alpha value is -0.670. The van der Waals surface area contributed by atoms with Crippen molar-refractivity contribution in [3.05, 3.63) is 40.1 Å². The summed E-state index contributed by atoms with van der Waals surface area (Å²) in [6.07, 6.45) is 4.56. The van der Waals surface area contributed by atoms with E-state index in [1.54, 1.807) is 12.1 Å². The molecule has 0 radical (unpaired) electrons. The highest BCUT2D eigenvalue weighted by molar-refractivity contribution is 9.10. The molecule has 0 saturated carbocycles. The van der Waals surface area contributed by atoms with Crippen LogP contribution in [0.1, 0.15) is 18.9 Å². The molecule has 0 fully saturated rings. The topological polar surface area (TPSA) is 9.23 Å². The minimum absolute atomic E-state index is 0.226. The van der Waals surface area contributed by atoms with Crippen molar-refractivity contribution >= 4 is 22.0 Å². The molecule has 0 atom stereocenters. The lowest BCUT2D eigenvalue weighted by Crippen LogP contribution is -1.91. The van der Waals surface area contributed by atoms with Gasteiger partial charge in [-0.15, -0.1) is 0 Å². The average Bonchev–Trinajstić information content (AvgIpc) is 2.20. The van der Waals surface area contributed by atoms with Crippen LogP contribution in [0.4, 0.5) is 4.39 Å².